The highest BCUT2D eigenvalue weighted by Gasteiger charge is 2.44. The van der Waals surface area contributed by atoms with Gasteiger partial charge in [0.1, 0.15) is 12.2 Å². The van der Waals surface area contributed by atoms with E-state index >= 15 is 0 Å². The molecule has 0 bridgehead atoms. The van der Waals surface area contributed by atoms with Crippen molar-refractivity contribution in [2.75, 3.05) is 6.61 Å². The van der Waals surface area contributed by atoms with Crippen molar-refractivity contribution < 1.29 is 9.16 Å². The lowest BCUT2D eigenvalue weighted by Gasteiger charge is -2.36. The standard InChI is InChI=1S/C15H24O2Si/c1-15(2,3)18(4,5)16-11-13-14(17-13)12-9-7-6-8-10-12/h6-10,13-14H,11H2,1-5H3/t13-,14+/m1/s1. The van der Waals surface area contributed by atoms with Gasteiger partial charge in [0.05, 0.1) is 6.61 Å². The zero-order chi connectivity index (χ0) is 13.4. The summed E-state index contributed by atoms with van der Waals surface area (Å²) in [5.74, 6) is 0. The van der Waals surface area contributed by atoms with Crippen molar-refractivity contribution in [3.63, 3.8) is 0 Å². The first kappa shape index (κ1) is 13.8. The Morgan fingerprint density at radius 3 is 2.33 bits per heavy atom. The Morgan fingerprint density at radius 2 is 1.78 bits per heavy atom. The van der Waals surface area contributed by atoms with Crippen LogP contribution in [-0.2, 0) is 9.16 Å². The molecule has 0 unspecified atom stereocenters. The summed E-state index contributed by atoms with van der Waals surface area (Å²) in [7, 11) is -1.64. The van der Waals surface area contributed by atoms with Gasteiger partial charge in [0.15, 0.2) is 8.32 Å². The van der Waals surface area contributed by atoms with E-state index in [1.54, 1.807) is 0 Å². The van der Waals surface area contributed by atoms with Crippen molar-refractivity contribution in [3.05, 3.63) is 35.9 Å². The summed E-state index contributed by atoms with van der Waals surface area (Å²) in [6.45, 7) is 12.1. The summed E-state index contributed by atoms with van der Waals surface area (Å²) in [4.78, 5) is 0. The van der Waals surface area contributed by atoms with E-state index in [2.05, 4.69) is 58.1 Å². The van der Waals surface area contributed by atoms with Crippen LogP contribution in [0.15, 0.2) is 30.3 Å². The van der Waals surface area contributed by atoms with E-state index in [4.69, 9.17) is 9.16 Å². The Labute approximate surface area is 111 Å². The molecule has 0 spiro atoms. The second kappa shape index (κ2) is 4.80. The molecule has 1 aliphatic heterocycles. The molecule has 0 amide bonds. The van der Waals surface area contributed by atoms with Gasteiger partial charge < -0.3 is 9.16 Å². The third kappa shape index (κ3) is 3.02. The molecule has 1 heterocycles. The lowest BCUT2D eigenvalue weighted by Crippen LogP contribution is -2.41. The van der Waals surface area contributed by atoms with Gasteiger partial charge >= 0.3 is 0 Å². The molecule has 0 aliphatic carbocycles. The van der Waals surface area contributed by atoms with Gasteiger partial charge in [-0.05, 0) is 23.7 Å². The van der Waals surface area contributed by atoms with E-state index in [0.717, 1.165) is 6.61 Å². The van der Waals surface area contributed by atoms with Crippen molar-refractivity contribution in [3.8, 4) is 0 Å². The topological polar surface area (TPSA) is 21.8 Å². The van der Waals surface area contributed by atoms with Crippen LogP contribution in [-0.4, -0.2) is 21.0 Å². The van der Waals surface area contributed by atoms with Gasteiger partial charge in [-0.3, -0.25) is 0 Å². The molecule has 0 radical (unpaired) electrons. The molecule has 0 aromatic heterocycles. The lowest BCUT2D eigenvalue weighted by molar-refractivity contribution is 0.242. The Hall–Kier alpha value is -0.643. The van der Waals surface area contributed by atoms with Gasteiger partial charge in [0.25, 0.3) is 0 Å². The monoisotopic (exact) mass is 264 g/mol. The first-order valence-corrected chi connectivity index (χ1v) is 9.56. The molecule has 2 atom stereocenters. The van der Waals surface area contributed by atoms with Crippen LogP contribution in [0.25, 0.3) is 0 Å². The maximum atomic E-state index is 6.18. The van der Waals surface area contributed by atoms with E-state index < -0.39 is 8.32 Å². The summed E-state index contributed by atoms with van der Waals surface area (Å²) in [5.41, 5.74) is 1.27. The van der Waals surface area contributed by atoms with Crippen molar-refractivity contribution in [1.29, 1.82) is 0 Å². The first-order chi connectivity index (χ1) is 8.31. The number of benzene rings is 1. The maximum Gasteiger partial charge on any atom is 0.192 e. The minimum absolute atomic E-state index is 0.246. The molecule has 18 heavy (non-hydrogen) atoms. The molecule has 2 nitrogen and oxygen atoms in total. The van der Waals surface area contributed by atoms with Crippen LogP contribution in [0.3, 0.4) is 0 Å². The van der Waals surface area contributed by atoms with Crippen LogP contribution in [0.1, 0.15) is 32.4 Å². The average Bonchev–Trinajstić information content (AvgIpc) is 3.06. The number of hydrogen-bond acceptors (Lipinski definition) is 2. The van der Waals surface area contributed by atoms with Crippen molar-refractivity contribution in [1.82, 2.24) is 0 Å². The van der Waals surface area contributed by atoms with Crippen LogP contribution in [0.5, 0.6) is 0 Å². The highest BCUT2D eigenvalue weighted by Crippen LogP contribution is 2.41. The van der Waals surface area contributed by atoms with Crippen molar-refractivity contribution in [2.24, 2.45) is 0 Å². The molecule has 0 saturated carbocycles. The zero-order valence-electron chi connectivity index (χ0n) is 12.1. The van der Waals surface area contributed by atoms with Gasteiger partial charge in [0, 0.05) is 0 Å². The Kier molecular flexibility index (Phi) is 3.67. The van der Waals surface area contributed by atoms with Crippen LogP contribution in [0.4, 0.5) is 0 Å². The molecule has 3 heteroatoms. The van der Waals surface area contributed by atoms with E-state index in [1.165, 1.54) is 5.56 Å². The fourth-order valence-electron chi connectivity index (χ4n) is 1.71. The van der Waals surface area contributed by atoms with Crippen LogP contribution < -0.4 is 0 Å². The Morgan fingerprint density at radius 1 is 1.17 bits per heavy atom. The average molecular weight is 264 g/mol. The Balaban J connectivity index is 1.85. The van der Waals surface area contributed by atoms with E-state index in [9.17, 15) is 0 Å². The number of epoxide rings is 1. The molecule has 0 N–H and O–H groups in total. The quantitative estimate of drug-likeness (QED) is 0.602. The second-order valence-corrected chi connectivity index (χ2v) is 11.4. The highest BCUT2D eigenvalue weighted by molar-refractivity contribution is 6.74. The van der Waals surface area contributed by atoms with Crippen LogP contribution in [0.2, 0.25) is 18.1 Å². The minimum Gasteiger partial charge on any atom is -0.414 e. The van der Waals surface area contributed by atoms with E-state index in [0.29, 0.717) is 0 Å². The molecule has 1 aliphatic rings. The normalized spacial score (nSPS) is 24.1. The van der Waals surface area contributed by atoms with Gasteiger partial charge in [-0.2, -0.15) is 0 Å². The maximum absolute atomic E-state index is 6.18. The van der Waals surface area contributed by atoms with Gasteiger partial charge in [-0.1, -0.05) is 51.1 Å². The Bertz CT molecular complexity index is 395. The summed E-state index contributed by atoms with van der Waals surface area (Å²) in [6, 6.07) is 10.4. The largest absolute Gasteiger partial charge is 0.414 e. The summed E-state index contributed by atoms with van der Waals surface area (Å²) >= 11 is 0. The third-order valence-corrected chi connectivity index (χ3v) is 8.63. The number of rotatable bonds is 4. The predicted molar refractivity (Wildman–Crippen MR) is 77.2 cm³/mol. The van der Waals surface area contributed by atoms with E-state index in [-0.39, 0.29) is 17.2 Å². The number of ether oxygens (including phenoxy) is 1. The second-order valence-electron chi connectivity index (χ2n) is 6.58. The molecular weight excluding hydrogens is 240 g/mol. The number of hydrogen-bond donors (Lipinski definition) is 0. The van der Waals surface area contributed by atoms with Crippen molar-refractivity contribution in [2.45, 2.75) is 51.1 Å². The minimum atomic E-state index is -1.64. The molecule has 1 aromatic carbocycles. The smallest absolute Gasteiger partial charge is 0.192 e. The highest BCUT2D eigenvalue weighted by atomic mass is 28.4. The summed E-state index contributed by atoms with van der Waals surface area (Å²) in [6.07, 6.45) is 0.498. The van der Waals surface area contributed by atoms with Crippen molar-refractivity contribution >= 4 is 8.32 Å². The van der Waals surface area contributed by atoms with Gasteiger partial charge in [-0.15, -0.1) is 0 Å². The summed E-state index contributed by atoms with van der Waals surface area (Å²) < 4.78 is 11.9. The molecule has 1 aromatic rings. The molecule has 1 fully saturated rings. The van der Waals surface area contributed by atoms with E-state index in [1.807, 2.05) is 6.07 Å². The predicted octanol–water partition coefficient (Wildman–Crippen LogP) is 4.15. The SMILES string of the molecule is CC(C)(C)[Si](C)(C)OC[C@H]1O[C@H]1c1ccccc1. The molecular formula is C15H24O2Si. The fraction of sp³-hybridized carbons (Fsp3) is 0.600. The fourth-order valence-corrected chi connectivity index (χ4v) is 2.73. The third-order valence-electron chi connectivity index (χ3n) is 4.13. The summed E-state index contributed by atoms with van der Waals surface area (Å²) in [5, 5.41) is 0.268. The first-order valence-electron chi connectivity index (χ1n) is 6.66. The zero-order valence-corrected chi connectivity index (χ0v) is 13.1. The van der Waals surface area contributed by atoms with Crippen LogP contribution >= 0.6 is 0 Å². The van der Waals surface area contributed by atoms with Gasteiger partial charge in [-0.25, -0.2) is 0 Å². The lowest BCUT2D eigenvalue weighted by atomic mass is 10.1. The molecule has 100 valence electrons. The van der Waals surface area contributed by atoms with Crippen LogP contribution in [0, 0.1) is 0 Å². The molecule has 2 rings (SSSR count). The molecule has 1 saturated heterocycles. The van der Waals surface area contributed by atoms with Gasteiger partial charge in [0.2, 0.25) is 0 Å².